The van der Waals surface area contributed by atoms with Gasteiger partial charge in [0, 0.05) is 27.9 Å². The van der Waals surface area contributed by atoms with Gasteiger partial charge in [-0.25, -0.2) is 4.98 Å². The van der Waals surface area contributed by atoms with Crippen LogP contribution >= 0.6 is 11.6 Å². The Kier molecular flexibility index (Phi) is 2.94. The molecule has 0 spiro atoms. The summed E-state index contributed by atoms with van der Waals surface area (Å²) in [6.07, 6.45) is 0. The van der Waals surface area contributed by atoms with E-state index in [9.17, 15) is 4.79 Å². The van der Waals surface area contributed by atoms with Crippen LogP contribution in [0.5, 0.6) is 0 Å². The first-order valence-electron chi connectivity index (χ1n) is 6.90. The average molecular weight is 307 g/mol. The number of rotatable bonds is 1. The highest BCUT2D eigenvalue weighted by Gasteiger charge is 2.10. The molecule has 0 radical (unpaired) electrons. The van der Waals surface area contributed by atoms with Gasteiger partial charge in [-0.15, -0.1) is 0 Å². The number of hydrogen-bond acceptors (Lipinski definition) is 2. The van der Waals surface area contributed by atoms with Crippen molar-refractivity contribution in [1.29, 1.82) is 0 Å². The van der Waals surface area contributed by atoms with Crippen molar-refractivity contribution in [2.75, 3.05) is 0 Å². The van der Waals surface area contributed by atoms with Crippen LogP contribution in [0.1, 0.15) is 0 Å². The summed E-state index contributed by atoms with van der Waals surface area (Å²) in [5, 5.41) is 2.02. The minimum Gasteiger partial charge on any atom is -0.354 e. The first-order chi connectivity index (χ1) is 10.7. The van der Waals surface area contributed by atoms with Crippen LogP contribution in [0, 0.1) is 0 Å². The zero-order chi connectivity index (χ0) is 15.1. The Bertz CT molecular complexity index is 1070. The molecule has 4 rings (SSSR count). The Labute approximate surface area is 131 Å². The Morgan fingerprint density at radius 3 is 2.64 bits per heavy atom. The summed E-state index contributed by atoms with van der Waals surface area (Å²) in [6.45, 7) is 0. The van der Waals surface area contributed by atoms with Crippen LogP contribution in [0.15, 0.2) is 65.5 Å². The minimum absolute atomic E-state index is 0.0337. The van der Waals surface area contributed by atoms with Crippen molar-refractivity contribution < 1.29 is 0 Å². The molecular formula is C18H11ClN2O. The normalized spacial score (nSPS) is 11.1. The number of benzene rings is 2. The van der Waals surface area contributed by atoms with Crippen LogP contribution < -0.4 is 5.43 Å². The van der Waals surface area contributed by atoms with Crippen LogP contribution in [-0.2, 0) is 0 Å². The number of aromatic amines is 1. The summed E-state index contributed by atoms with van der Waals surface area (Å²) < 4.78 is 0. The van der Waals surface area contributed by atoms with Crippen LogP contribution in [0.4, 0.5) is 0 Å². The number of fused-ring (bicyclic) bond motifs is 2. The van der Waals surface area contributed by atoms with E-state index < -0.39 is 0 Å². The van der Waals surface area contributed by atoms with E-state index in [4.69, 9.17) is 11.6 Å². The van der Waals surface area contributed by atoms with Gasteiger partial charge in [-0.3, -0.25) is 4.79 Å². The Hall–Kier alpha value is -2.65. The third-order valence-corrected chi connectivity index (χ3v) is 3.99. The Morgan fingerprint density at radius 1 is 0.955 bits per heavy atom. The maximum atomic E-state index is 12.3. The van der Waals surface area contributed by atoms with Gasteiger partial charge in [0.1, 0.15) is 5.15 Å². The lowest BCUT2D eigenvalue weighted by Gasteiger charge is -2.08. The summed E-state index contributed by atoms with van der Waals surface area (Å²) >= 11 is 6.31. The molecule has 3 nitrogen and oxygen atoms in total. The number of nitrogens with zero attached hydrogens (tertiary/aromatic N) is 1. The highest BCUT2D eigenvalue weighted by atomic mass is 35.5. The van der Waals surface area contributed by atoms with Crippen molar-refractivity contribution in [2.45, 2.75) is 0 Å². The third kappa shape index (κ3) is 2.07. The molecule has 0 atom stereocenters. The summed E-state index contributed by atoms with van der Waals surface area (Å²) in [5.74, 6) is 0. The first-order valence-corrected chi connectivity index (χ1v) is 7.28. The van der Waals surface area contributed by atoms with Crippen LogP contribution in [0.3, 0.4) is 0 Å². The van der Waals surface area contributed by atoms with Crippen molar-refractivity contribution in [3.05, 3.63) is 76.0 Å². The maximum absolute atomic E-state index is 12.3. The average Bonchev–Trinajstić information content (AvgIpc) is 2.54. The van der Waals surface area contributed by atoms with Crippen LogP contribution in [0.25, 0.3) is 33.1 Å². The predicted octanol–water partition coefficient (Wildman–Crippen LogP) is 4.40. The summed E-state index contributed by atoms with van der Waals surface area (Å²) in [6, 6.07) is 18.7. The molecule has 22 heavy (non-hydrogen) atoms. The molecule has 0 aliphatic heterocycles. The van der Waals surface area contributed by atoms with Gasteiger partial charge in [-0.1, -0.05) is 41.9 Å². The van der Waals surface area contributed by atoms with E-state index in [2.05, 4.69) is 9.97 Å². The maximum Gasteiger partial charge on any atom is 0.190 e. The Morgan fingerprint density at radius 2 is 1.73 bits per heavy atom. The van der Waals surface area contributed by atoms with Crippen molar-refractivity contribution in [3.8, 4) is 11.3 Å². The number of aromatic nitrogens is 2. The van der Waals surface area contributed by atoms with Gasteiger partial charge in [0.25, 0.3) is 0 Å². The molecule has 0 aliphatic rings. The Balaban J connectivity index is 2.02. The third-order valence-electron chi connectivity index (χ3n) is 3.70. The van der Waals surface area contributed by atoms with Crippen molar-refractivity contribution in [2.24, 2.45) is 0 Å². The van der Waals surface area contributed by atoms with Gasteiger partial charge >= 0.3 is 0 Å². The van der Waals surface area contributed by atoms with Gasteiger partial charge in [0.15, 0.2) is 5.43 Å². The second-order valence-electron chi connectivity index (χ2n) is 5.11. The lowest BCUT2D eigenvalue weighted by atomic mass is 10.1. The van der Waals surface area contributed by atoms with Gasteiger partial charge in [0.2, 0.25) is 0 Å². The summed E-state index contributed by atoms with van der Waals surface area (Å²) in [5.41, 5.74) is 2.98. The summed E-state index contributed by atoms with van der Waals surface area (Å²) in [4.78, 5) is 19.9. The van der Waals surface area contributed by atoms with Gasteiger partial charge in [0.05, 0.1) is 11.2 Å². The molecule has 1 N–H and O–H groups in total. The number of H-pyrrole nitrogens is 1. The first kappa shape index (κ1) is 13.0. The lowest BCUT2D eigenvalue weighted by molar-refractivity contribution is 1.34. The smallest absolute Gasteiger partial charge is 0.190 e. The zero-order valence-corrected chi connectivity index (χ0v) is 12.3. The minimum atomic E-state index is -0.0337. The molecule has 106 valence electrons. The molecule has 0 bridgehead atoms. The van der Waals surface area contributed by atoms with E-state index in [1.807, 2.05) is 48.5 Å². The second kappa shape index (κ2) is 4.97. The standard InChI is InChI=1S/C18H11ClN2O/c19-18-13(9-11-5-1-3-7-14(11)21-18)16-10-17(22)12-6-2-4-8-15(12)20-16/h1-10H,(H,20,22). The SMILES string of the molecule is O=c1cc(-c2cc3ccccc3nc2Cl)[nH]c2ccccc12. The highest BCUT2D eigenvalue weighted by molar-refractivity contribution is 6.32. The quantitative estimate of drug-likeness (QED) is 0.530. The molecule has 0 saturated carbocycles. The molecule has 0 fully saturated rings. The van der Waals surface area contributed by atoms with Gasteiger partial charge in [-0.2, -0.15) is 0 Å². The van der Waals surface area contributed by atoms with Crippen LogP contribution in [-0.4, -0.2) is 9.97 Å². The fourth-order valence-electron chi connectivity index (χ4n) is 2.62. The molecule has 0 aliphatic carbocycles. The topological polar surface area (TPSA) is 45.8 Å². The number of pyridine rings is 2. The fourth-order valence-corrected chi connectivity index (χ4v) is 2.87. The van der Waals surface area contributed by atoms with E-state index in [0.717, 1.165) is 22.0 Å². The largest absolute Gasteiger partial charge is 0.354 e. The van der Waals surface area contributed by atoms with Gasteiger partial charge in [-0.05, 0) is 24.3 Å². The van der Waals surface area contributed by atoms with Crippen LogP contribution in [0.2, 0.25) is 5.15 Å². The second-order valence-corrected chi connectivity index (χ2v) is 5.47. The molecule has 0 amide bonds. The lowest BCUT2D eigenvalue weighted by Crippen LogP contribution is -2.03. The van der Waals surface area contributed by atoms with Crippen molar-refractivity contribution in [3.63, 3.8) is 0 Å². The fraction of sp³-hybridized carbons (Fsp3) is 0. The molecule has 0 saturated heterocycles. The highest BCUT2D eigenvalue weighted by Crippen LogP contribution is 2.28. The zero-order valence-electron chi connectivity index (χ0n) is 11.5. The van der Waals surface area contributed by atoms with E-state index in [1.54, 1.807) is 12.1 Å². The molecule has 2 heterocycles. The van der Waals surface area contributed by atoms with E-state index >= 15 is 0 Å². The predicted molar refractivity (Wildman–Crippen MR) is 90.3 cm³/mol. The summed E-state index contributed by atoms with van der Waals surface area (Å²) in [7, 11) is 0. The number of halogens is 1. The molecule has 2 aromatic carbocycles. The number of para-hydroxylation sites is 2. The molecule has 2 aromatic heterocycles. The van der Waals surface area contributed by atoms with E-state index in [0.29, 0.717) is 16.2 Å². The number of nitrogens with one attached hydrogen (secondary N) is 1. The molecule has 0 unspecified atom stereocenters. The van der Waals surface area contributed by atoms with E-state index in [-0.39, 0.29) is 5.43 Å². The number of hydrogen-bond donors (Lipinski definition) is 1. The molecule has 4 aromatic rings. The molecule has 4 heteroatoms. The van der Waals surface area contributed by atoms with Crippen molar-refractivity contribution in [1.82, 2.24) is 9.97 Å². The van der Waals surface area contributed by atoms with Crippen molar-refractivity contribution >= 4 is 33.4 Å². The van der Waals surface area contributed by atoms with E-state index in [1.165, 1.54) is 0 Å². The molecular weight excluding hydrogens is 296 g/mol. The monoisotopic (exact) mass is 306 g/mol. The van der Waals surface area contributed by atoms with Gasteiger partial charge < -0.3 is 4.98 Å².